The molecule has 1 heterocycles. The molecule has 1 aromatic heterocycles. The molecule has 0 aliphatic heterocycles. The molecule has 14 heavy (non-hydrogen) atoms. The zero-order valence-electron chi connectivity index (χ0n) is 8.13. The van der Waals surface area contributed by atoms with Gasteiger partial charge in [-0.1, -0.05) is 0 Å². The summed E-state index contributed by atoms with van der Waals surface area (Å²) in [6.45, 7) is -0.0692. The molecule has 1 rings (SSSR count). The van der Waals surface area contributed by atoms with Crippen LogP contribution in [0, 0.1) is 0 Å². The van der Waals surface area contributed by atoms with Gasteiger partial charge in [0.15, 0.2) is 5.01 Å². The Morgan fingerprint density at radius 3 is 2.71 bits per heavy atom. The summed E-state index contributed by atoms with van der Waals surface area (Å²) in [4.78, 5) is 6.39. The zero-order valence-corrected chi connectivity index (χ0v) is 8.94. The van der Waals surface area contributed by atoms with Crippen LogP contribution in [0.3, 0.4) is 0 Å². The predicted molar refractivity (Wildman–Crippen MR) is 52.5 cm³/mol. The lowest BCUT2D eigenvalue weighted by Crippen LogP contribution is -2.24. The Morgan fingerprint density at radius 1 is 1.57 bits per heavy atom. The van der Waals surface area contributed by atoms with E-state index in [1.165, 1.54) is 6.20 Å². The number of aromatic nitrogens is 1. The lowest BCUT2D eigenvalue weighted by molar-refractivity contribution is 0.00573. The van der Waals surface area contributed by atoms with E-state index in [0.29, 0.717) is 6.54 Å². The monoisotopic (exact) mass is 221 g/mol. The maximum absolute atomic E-state index is 13.0. The van der Waals surface area contributed by atoms with Crippen LogP contribution < -0.4 is 5.73 Å². The Labute approximate surface area is 85.5 Å². The Bertz CT molecular complexity index is 299. The van der Waals surface area contributed by atoms with E-state index >= 15 is 0 Å². The number of halogens is 2. The van der Waals surface area contributed by atoms with Gasteiger partial charge >= 0.3 is 5.92 Å². The molecule has 0 spiro atoms. The first-order valence-corrected chi connectivity index (χ1v) is 4.95. The highest BCUT2D eigenvalue weighted by Crippen LogP contribution is 2.30. The van der Waals surface area contributed by atoms with Crippen molar-refractivity contribution in [3.8, 4) is 0 Å². The van der Waals surface area contributed by atoms with Crippen molar-refractivity contribution in [3.05, 3.63) is 16.1 Å². The fraction of sp³-hybridized carbons (Fsp3) is 0.625. The standard InChI is InChI=1S/C8H13F2N3S/c1-13(2)4-6-3-12-7(14-6)8(9,10)5-11/h3H,4-5,11H2,1-2H3. The first-order valence-electron chi connectivity index (χ1n) is 4.13. The van der Waals surface area contributed by atoms with Gasteiger partial charge in [-0.3, -0.25) is 0 Å². The van der Waals surface area contributed by atoms with Gasteiger partial charge in [0.25, 0.3) is 0 Å². The highest BCUT2D eigenvalue weighted by Gasteiger charge is 2.33. The van der Waals surface area contributed by atoms with E-state index in [1.807, 2.05) is 19.0 Å². The minimum absolute atomic E-state index is 0.197. The number of hydrogen-bond donors (Lipinski definition) is 1. The fourth-order valence-electron chi connectivity index (χ4n) is 0.949. The largest absolute Gasteiger partial charge is 0.325 e. The maximum Gasteiger partial charge on any atom is 0.310 e. The molecule has 0 fully saturated rings. The van der Waals surface area contributed by atoms with Crippen LogP contribution >= 0.6 is 11.3 Å². The van der Waals surface area contributed by atoms with Crippen molar-refractivity contribution in [2.45, 2.75) is 12.5 Å². The van der Waals surface area contributed by atoms with E-state index in [4.69, 9.17) is 5.73 Å². The molecule has 0 bridgehead atoms. The molecule has 0 atom stereocenters. The minimum Gasteiger partial charge on any atom is -0.325 e. The Morgan fingerprint density at radius 2 is 2.21 bits per heavy atom. The van der Waals surface area contributed by atoms with Crippen molar-refractivity contribution >= 4 is 11.3 Å². The number of hydrogen-bond acceptors (Lipinski definition) is 4. The molecule has 0 aliphatic carbocycles. The lowest BCUT2D eigenvalue weighted by atomic mass is 10.4. The van der Waals surface area contributed by atoms with Crippen LogP contribution in [0.1, 0.15) is 9.88 Å². The minimum atomic E-state index is -2.99. The zero-order chi connectivity index (χ0) is 10.8. The van der Waals surface area contributed by atoms with E-state index in [2.05, 4.69) is 4.98 Å². The summed E-state index contributed by atoms with van der Waals surface area (Å²) in [5, 5.41) is -0.197. The summed E-state index contributed by atoms with van der Waals surface area (Å²) in [5.74, 6) is -2.99. The van der Waals surface area contributed by atoms with Gasteiger partial charge in [-0.15, -0.1) is 11.3 Å². The molecule has 2 N–H and O–H groups in total. The van der Waals surface area contributed by atoms with Crippen molar-refractivity contribution < 1.29 is 8.78 Å². The normalized spacial score (nSPS) is 12.4. The van der Waals surface area contributed by atoms with E-state index in [9.17, 15) is 8.78 Å². The van der Waals surface area contributed by atoms with Crippen LogP contribution in [0.4, 0.5) is 8.78 Å². The van der Waals surface area contributed by atoms with Crippen molar-refractivity contribution in [2.24, 2.45) is 5.73 Å². The Kier molecular flexibility index (Phi) is 3.52. The van der Waals surface area contributed by atoms with Crippen molar-refractivity contribution in [1.82, 2.24) is 9.88 Å². The fourth-order valence-corrected chi connectivity index (χ4v) is 1.96. The third kappa shape index (κ3) is 2.70. The summed E-state index contributed by atoms with van der Waals surface area (Å²) in [5.41, 5.74) is 4.96. The van der Waals surface area contributed by atoms with Crippen molar-refractivity contribution in [2.75, 3.05) is 20.6 Å². The van der Waals surface area contributed by atoms with Gasteiger partial charge in [0.2, 0.25) is 0 Å². The smallest absolute Gasteiger partial charge is 0.310 e. The van der Waals surface area contributed by atoms with Gasteiger partial charge < -0.3 is 10.6 Å². The summed E-state index contributed by atoms with van der Waals surface area (Å²) in [6.07, 6.45) is 1.48. The second-order valence-corrected chi connectivity index (χ2v) is 4.39. The second kappa shape index (κ2) is 4.29. The number of nitrogens with two attached hydrogens (primary N) is 1. The van der Waals surface area contributed by atoms with Gasteiger partial charge in [0.1, 0.15) is 0 Å². The lowest BCUT2D eigenvalue weighted by Gasteiger charge is -2.09. The van der Waals surface area contributed by atoms with Crippen LogP contribution in [0.5, 0.6) is 0 Å². The quantitative estimate of drug-likeness (QED) is 0.832. The Hall–Kier alpha value is -0.590. The molecule has 0 radical (unpaired) electrons. The van der Waals surface area contributed by atoms with Crippen LogP contribution in [0.15, 0.2) is 6.20 Å². The molecule has 0 unspecified atom stereocenters. The van der Waals surface area contributed by atoms with Crippen molar-refractivity contribution in [3.63, 3.8) is 0 Å². The highest BCUT2D eigenvalue weighted by molar-refractivity contribution is 7.11. The molecule has 0 saturated heterocycles. The molecule has 0 aliphatic rings. The predicted octanol–water partition coefficient (Wildman–Crippen LogP) is 1.26. The van der Waals surface area contributed by atoms with E-state index < -0.39 is 12.5 Å². The third-order valence-corrected chi connectivity index (χ3v) is 2.69. The van der Waals surface area contributed by atoms with E-state index in [1.54, 1.807) is 0 Å². The highest BCUT2D eigenvalue weighted by atomic mass is 32.1. The molecule has 3 nitrogen and oxygen atoms in total. The molecular formula is C8H13F2N3S. The summed E-state index contributed by atoms with van der Waals surface area (Å²) >= 11 is 1.01. The summed E-state index contributed by atoms with van der Waals surface area (Å²) < 4.78 is 26.1. The maximum atomic E-state index is 13.0. The number of nitrogens with zero attached hydrogens (tertiary/aromatic N) is 2. The number of rotatable bonds is 4. The second-order valence-electron chi connectivity index (χ2n) is 3.28. The average Bonchev–Trinajstić information content (AvgIpc) is 2.52. The van der Waals surface area contributed by atoms with Gasteiger partial charge in [-0.2, -0.15) is 8.78 Å². The first kappa shape index (κ1) is 11.5. The van der Waals surface area contributed by atoms with Gasteiger partial charge in [0, 0.05) is 17.6 Å². The van der Waals surface area contributed by atoms with Crippen LogP contribution in [0.25, 0.3) is 0 Å². The topological polar surface area (TPSA) is 42.2 Å². The Balaban J connectivity index is 2.77. The SMILES string of the molecule is CN(C)Cc1cnc(C(F)(F)CN)s1. The van der Waals surface area contributed by atoms with E-state index in [-0.39, 0.29) is 5.01 Å². The van der Waals surface area contributed by atoms with Crippen LogP contribution in [-0.4, -0.2) is 30.5 Å². The molecule has 0 amide bonds. The number of alkyl halides is 2. The van der Waals surface area contributed by atoms with E-state index in [0.717, 1.165) is 16.2 Å². The van der Waals surface area contributed by atoms with Crippen molar-refractivity contribution in [1.29, 1.82) is 0 Å². The molecule has 6 heteroatoms. The number of thiazole rings is 1. The summed E-state index contributed by atoms with van der Waals surface area (Å²) in [6, 6.07) is 0. The van der Waals surface area contributed by atoms with Gasteiger partial charge in [0.05, 0.1) is 6.54 Å². The van der Waals surface area contributed by atoms with Crippen LogP contribution in [0.2, 0.25) is 0 Å². The average molecular weight is 221 g/mol. The third-order valence-electron chi connectivity index (χ3n) is 1.59. The molecule has 80 valence electrons. The molecule has 0 aromatic carbocycles. The summed E-state index contributed by atoms with van der Waals surface area (Å²) in [7, 11) is 3.75. The van der Waals surface area contributed by atoms with Crippen LogP contribution in [-0.2, 0) is 12.5 Å². The van der Waals surface area contributed by atoms with Gasteiger partial charge in [-0.05, 0) is 14.1 Å². The molecular weight excluding hydrogens is 208 g/mol. The molecule has 1 aromatic rings. The van der Waals surface area contributed by atoms with Gasteiger partial charge in [-0.25, -0.2) is 4.98 Å². The molecule has 0 saturated carbocycles. The first-order chi connectivity index (χ1) is 6.45.